The van der Waals surface area contributed by atoms with Gasteiger partial charge in [-0.15, -0.1) is 0 Å². The number of hydrogen-bond donors (Lipinski definition) is 1. The van der Waals surface area contributed by atoms with E-state index >= 15 is 0 Å². The molecule has 1 aromatic rings. The van der Waals surface area contributed by atoms with E-state index in [1.54, 1.807) is 0 Å². The van der Waals surface area contributed by atoms with Crippen molar-refractivity contribution in [3.8, 4) is 0 Å². The molecule has 4 nitrogen and oxygen atoms in total. The van der Waals surface area contributed by atoms with E-state index in [-0.39, 0.29) is 5.97 Å². The van der Waals surface area contributed by atoms with Gasteiger partial charge in [-0.1, -0.05) is 38.1 Å². The first-order valence-corrected chi connectivity index (χ1v) is 7.01. The number of likely N-dealkylation sites (N-methyl/N-ethyl adjacent to an activating group) is 1. The highest BCUT2D eigenvalue weighted by Gasteiger charge is 2.20. The predicted molar refractivity (Wildman–Crippen MR) is 81.8 cm³/mol. The molecule has 1 atom stereocenters. The molecule has 0 aromatic heterocycles. The Morgan fingerprint density at radius 3 is 2.20 bits per heavy atom. The number of methoxy groups -OCH3 is 1. The van der Waals surface area contributed by atoms with Crippen molar-refractivity contribution in [1.29, 1.82) is 0 Å². The highest BCUT2D eigenvalue weighted by Crippen LogP contribution is 2.19. The van der Waals surface area contributed by atoms with Crippen molar-refractivity contribution >= 4 is 5.97 Å². The van der Waals surface area contributed by atoms with Gasteiger partial charge in [0.2, 0.25) is 0 Å². The van der Waals surface area contributed by atoms with E-state index in [1.165, 1.54) is 12.7 Å². The molecule has 1 unspecified atom stereocenters. The maximum Gasteiger partial charge on any atom is 0.327 e. The van der Waals surface area contributed by atoms with E-state index in [0.717, 1.165) is 18.7 Å². The van der Waals surface area contributed by atoms with Gasteiger partial charge in [0, 0.05) is 13.1 Å². The van der Waals surface area contributed by atoms with Crippen molar-refractivity contribution in [2.45, 2.75) is 25.8 Å². The van der Waals surface area contributed by atoms with Gasteiger partial charge in [0.25, 0.3) is 0 Å². The normalized spacial score (nSPS) is 12.8. The molecule has 0 amide bonds. The van der Waals surface area contributed by atoms with Gasteiger partial charge < -0.3 is 9.64 Å². The van der Waals surface area contributed by atoms with E-state index in [2.05, 4.69) is 36.2 Å². The molecule has 0 aliphatic carbocycles. The van der Waals surface area contributed by atoms with E-state index in [1.807, 2.05) is 26.2 Å². The molecule has 0 bridgehead atoms. The van der Waals surface area contributed by atoms with Crippen molar-refractivity contribution in [1.82, 2.24) is 10.2 Å². The smallest absolute Gasteiger partial charge is 0.327 e. The van der Waals surface area contributed by atoms with Gasteiger partial charge in [0.15, 0.2) is 0 Å². The molecule has 0 heterocycles. The number of carbonyl (C=O) groups excluding carboxylic acids is 1. The summed E-state index contributed by atoms with van der Waals surface area (Å²) in [5.74, 6) is 0.239. The van der Waals surface area contributed by atoms with Crippen molar-refractivity contribution in [2.75, 3.05) is 34.3 Å². The summed E-state index contributed by atoms with van der Waals surface area (Å²) in [6.45, 7) is 5.92. The maximum atomic E-state index is 11.9. The minimum atomic E-state index is -0.402. The zero-order chi connectivity index (χ0) is 15.1. The van der Waals surface area contributed by atoms with Crippen LogP contribution in [-0.4, -0.2) is 45.2 Å². The number of ether oxygens (including phenoxy) is 1. The van der Waals surface area contributed by atoms with Crippen molar-refractivity contribution in [2.24, 2.45) is 0 Å². The Hall–Kier alpha value is -1.39. The maximum absolute atomic E-state index is 11.9. The van der Waals surface area contributed by atoms with Gasteiger partial charge in [-0.25, -0.2) is 4.79 Å². The Balaban J connectivity index is 2.79. The molecule has 0 aliphatic rings. The van der Waals surface area contributed by atoms with E-state index in [4.69, 9.17) is 4.74 Å². The summed E-state index contributed by atoms with van der Waals surface area (Å²) in [5.41, 5.74) is 2.21. The number of esters is 1. The lowest BCUT2D eigenvalue weighted by Gasteiger charge is -2.19. The molecular weight excluding hydrogens is 252 g/mol. The fourth-order valence-electron chi connectivity index (χ4n) is 1.96. The summed E-state index contributed by atoms with van der Waals surface area (Å²) < 4.78 is 4.89. The zero-order valence-corrected chi connectivity index (χ0v) is 13.1. The minimum Gasteiger partial charge on any atom is -0.468 e. The molecule has 0 saturated heterocycles. The average molecular weight is 278 g/mol. The van der Waals surface area contributed by atoms with Gasteiger partial charge in [-0.2, -0.15) is 0 Å². The van der Waals surface area contributed by atoms with Crippen LogP contribution in [-0.2, 0) is 9.53 Å². The second-order valence-electron chi connectivity index (χ2n) is 5.53. The van der Waals surface area contributed by atoms with Gasteiger partial charge >= 0.3 is 5.97 Å². The Kier molecular flexibility index (Phi) is 6.68. The minimum absolute atomic E-state index is 0.249. The Morgan fingerprint density at radius 1 is 1.20 bits per heavy atom. The SMILES string of the molecule is COC(=O)C(NCCN(C)C)c1ccc(C(C)C)cc1. The third kappa shape index (κ3) is 4.94. The number of benzene rings is 1. The lowest BCUT2D eigenvalue weighted by Crippen LogP contribution is -2.34. The fourth-order valence-corrected chi connectivity index (χ4v) is 1.96. The molecule has 112 valence electrons. The summed E-state index contributed by atoms with van der Waals surface area (Å²) in [4.78, 5) is 14.0. The highest BCUT2D eigenvalue weighted by molar-refractivity contribution is 5.77. The third-order valence-electron chi connectivity index (χ3n) is 3.28. The number of rotatable bonds is 7. The third-order valence-corrected chi connectivity index (χ3v) is 3.28. The first-order chi connectivity index (χ1) is 9.45. The summed E-state index contributed by atoms with van der Waals surface area (Å²) in [5, 5.41) is 3.25. The Bertz CT molecular complexity index is 413. The summed E-state index contributed by atoms with van der Waals surface area (Å²) in [6, 6.07) is 7.74. The van der Waals surface area contributed by atoms with Crippen molar-refractivity contribution in [3.63, 3.8) is 0 Å². The summed E-state index contributed by atoms with van der Waals surface area (Å²) in [6.07, 6.45) is 0. The topological polar surface area (TPSA) is 41.6 Å². The molecule has 0 spiro atoms. The second-order valence-corrected chi connectivity index (χ2v) is 5.53. The van der Waals surface area contributed by atoms with Crippen LogP contribution in [0.5, 0.6) is 0 Å². The Labute approximate surface area is 122 Å². The first kappa shape index (κ1) is 16.7. The zero-order valence-electron chi connectivity index (χ0n) is 13.1. The van der Waals surface area contributed by atoms with Crippen LogP contribution in [0.25, 0.3) is 0 Å². The van der Waals surface area contributed by atoms with Crippen LogP contribution >= 0.6 is 0 Å². The second kappa shape index (κ2) is 8.02. The van der Waals surface area contributed by atoms with Crippen LogP contribution in [0.15, 0.2) is 24.3 Å². The lowest BCUT2D eigenvalue weighted by atomic mass is 9.99. The summed E-state index contributed by atoms with van der Waals surface area (Å²) in [7, 11) is 5.43. The number of nitrogens with one attached hydrogen (secondary N) is 1. The predicted octanol–water partition coefficient (Wildman–Crippen LogP) is 2.18. The molecule has 0 radical (unpaired) electrons. The van der Waals surface area contributed by atoms with E-state index in [9.17, 15) is 4.79 Å². The Morgan fingerprint density at radius 2 is 1.75 bits per heavy atom. The van der Waals surface area contributed by atoms with Crippen LogP contribution in [0, 0.1) is 0 Å². The molecule has 0 fully saturated rings. The van der Waals surface area contributed by atoms with Crippen LogP contribution in [0.2, 0.25) is 0 Å². The van der Waals surface area contributed by atoms with Gasteiger partial charge in [0.05, 0.1) is 7.11 Å². The molecule has 4 heteroatoms. The lowest BCUT2D eigenvalue weighted by molar-refractivity contribution is -0.143. The van der Waals surface area contributed by atoms with Gasteiger partial charge in [-0.05, 0) is 31.1 Å². The van der Waals surface area contributed by atoms with Gasteiger partial charge in [0.1, 0.15) is 6.04 Å². The average Bonchev–Trinajstić information content (AvgIpc) is 2.42. The van der Waals surface area contributed by atoms with Crippen molar-refractivity contribution < 1.29 is 9.53 Å². The van der Waals surface area contributed by atoms with Crippen molar-refractivity contribution in [3.05, 3.63) is 35.4 Å². The highest BCUT2D eigenvalue weighted by atomic mass is 16.5. The van der Waals surface area contributed by atoms with Gasteiger partial charge in [-0.3, -0.25) is 5.32 Å². The van der Waals surface area contributed by atoms with Crippen LogP contribution in [0.1, 0.15) is 36.9 Å². The molecule has 1 aromatic carbocycles. The van der Waals surface area contributed by atoms with Crippen LogP contribution < -0.4 is 5.32 Å². The molecule has 0 saturated carbocycles. The van der Waals surface area contributed by atoms with Crippen LogP contribution in [0.4, 0.5) is 0 Å². The molecule has 1 rings (SSSR count). The standard InChI is InChI=1S/C16H26N2O2/c1-12(2)13-6-8-14(9-7-13)15(16(19)20-5)17-10-11-18(3)4/h6-9,12,15,17H,10-11H2,1-5H3. The number of carbonyl (C=O) groups is 1. The van der Waals surface area contributed by atoms with E-state index < -0.39 is 6.04 Å². The fraction of sp³-hybridized carbons (Fsp3) is 0.562. The molecular formula is C16H26N2O2. The quantitative estimate of drug-likeness (QED) is 0.776. The summed E-state index contributed by atoms with van der Waals surface area (Å²) >= 11 is 0. The largest absolute Gasteiger partial charge is 0.468 e. The number of hydrogen-bond acceptors (Lipinski definition) is 4. The number of nitrogens with zero attached hydrogens (tertiary/aromatic N) is 1. The monoisotopic (exact) mass is 278 g/mol. The van der Waals surface area contributed by atoms with Crippen LogP contribution in [0.3, 0.4) is 0 Å². The molecule has 20 heavy (non-hydrogen) atoms. The van der Waals surface area contributed by atoms with E-state index in [0.29, 0.717) is 5.92 Å². The molecule has 1 N–H and O–H groups in total. The molecule has 0 aliphatic heterocycles. The first-order valence-electron chi connectivity index (χ1n) is 7.01.